The van der Waals surface area contributed by atoms with E-state index in [4.69, 9.17) is 4.74 Å². The molecule has 0 aromatic heterocycles. The van der Waals surface area contributed by atoms with E-state index in [1.807, 2.05) is 48.5 Å². The molecule has 0 aliphatic carbocycles. The van der Waals surface area contributed by atoms with E-state index in [2.05, 4.69) is 10.6 Å². The molecule has 1 aliphatic heterocycles. The van der Waals surface area contributed by atoms with E-state index >= 15 is 0 Å². The van der Waals surface area contributed by atoms with Crippen LogP contribution in [-0.4, -0.2) is 23.4 Å². The lowest BCUT2D eigenvalue weighted by Crippen LogP contribution is -2.68. The summed E-state index contributed by atoms with van der Waals surface area (Å²) < 4.78 is 5.76. The standard InChI is InChI=1S/C18H16N2O4/c21-15-18(16(22)20-17(23)19-15,11-13-7-3-1-4-8-13)24-12-14-9-5-2-6-10-14/h1-10H,11-12H2,(H2,19,20,21,22,23). The van der Waals surface area contributed by atoms with Crippen molar-refractivity contribution in [2.45, 2.75) is 18.6 Å². The van der Waals surface area contributed by atoms with E-state index in [1.54, 1.807) is 12.1 Å². The van der Waals surface area contributed by atoms with Crippen molar-refractivity contribution < 1.29 is 19.1 Å². The van der Waals surface area contributed by atoms with Gasteiger partial charge in [-0.1, -0.05) is 60.7 Å². The van der Waals surface area contributed by atoms with E-state index in [0.29, 0.717) is 0 Å². The Balaban J connectivity index is 1.89. The van der Waals surface area contributed by atoms with Gasteiger partial charge in [-0.2, -0.15) is 0 Å². The zero-order valence-electron chi connectivity index (χ0n) is 12.8. The summed E-state index contributed by atoms with van der Waals surface area (Å²) in [6.07, 6.45) is 0.0334. The largest absolute Gasteiger partial charge is 0.351 e. The number of carbonyl (C=O) groups is 3. The highest BCUT2D eigenvalue weighted by Crippen LogP contribution is 2.23. The van der Waals surface area contributed by atoms with Gasteiger partial charge < -0.3 is 4.74 Å². The van der Waals surface area contributed by atoms with Gasteiger partial charge in [0.15, 0.2) is 0 Å². The first-order valence-corrected chi connectivity index (χ1v) is 7.49. The second-order valence-corrected chi connectivity index (χ2v) is 5.50. The minimum absolute atomic E-state index is 0.0334. The summed E-state index contributed by atoms with van der Waals surface area (Å²) in [6.45, 7) is 0.0721. The van der Waals surface area contributed by atoms with E-state index in [9.17, 15) is 14.4 Å². The first-order chi connectivity index (χ1) is 11.6. The van der Waals surface area contributed by atoms with Gasteiger partial charge in [0.05, 0.1) is 6.61 Å². The Kier molecular flexibility index (Phi) is 4.39. The number of hydrogen-bond donors (Lipinski definition) is 2. The van der Waals surface area contributed by atoms with Crippen LogP contribution in [0, 0.1) is 0 Å². The van der Waals surface area contributed by atoms with E-state index < -0.39 is 23.4 Å². The van der Waals surface area contributed by atoms with Crippen molar-refractivity contribution in [1.82, 2.24) is 10.6 Å². The van der Waals surface area contributed by atoms with Crippen molar-refractivity contribution in [3.63, 3.8) is 0 Å². The number of ether oxygens (including phenoxy) is 1. The smallest absolute Gasteiger partial charge is 0.328 e. The van der Waals surface area contributed by atoms with Crippen molar-refractivity contribution in [3.8, 4) is 0 Å². The minimum atomic E-state index is -1.79. The van der Waals surface area contributed by atoms with Crippen molar-refractivity contribution in [2.75, 3.05) is 0 Å². The Bertz CT molecular complexity index is 739. The number of carbonyl (C=O) groups excluding carboxylic acids is 3. The van der Waals surface area contributed by atoms with Crippen molar-refractivity contribution in [3.05, 3.63) is 71.8 Å². The second kappa shape index (κ2) is 6.64. The van der Waals surface area contributed by atoms with Crippen LogP contribution in [0.2, 0.25) is 0 Å². The zero-order chi connectivity index (χ0) is 17.0. The molecule has 0 unspecified atom stereocenters. The number of barbiturate groups is 1. The molecule has 24 heavy (non-hydrogen) atoms. The highest BCUT2D eigenvalue weighted by molar-refractivity contribution is 6.21. The number of imide groups is 2. The quantitative estimate of drug-likeness (QED) is 0.817. The van der Waals surface area contributed by atoms with Crippen LogP contribution in [0.5, 0.6) is 0 Å². The molecule has 0 saturated carbocycles. The van der Waals surface area contributed by atoms with Crippen molar-refractivity contribution in [2.24, 2.45) is 0 Å². The number of hydrogen-bond acceptors (Lipinski definition) is 4. The summed E-state index contributed by atoms with van der Waals surface area (Å²) >= 11 is 0. The van der Waals surface area contributed by atoms with Gasteiger partial charge in [-0.25, -0.2) is 4.79 Å². The average molecular weight is 324 g/mol. The van der Waals surface area contributed by atoms with Gasteiger partial charge in [-0.15, -0.1) is 0 Å². The molecule has 3 rings (SSSR count). The van der Waals surface area contributed by atoms with Gasteiger partial charge >= 0.3 is 6.03 Å². The Hall–Kier alpha value is -2.99. The maximum atomic E-state index is 12.4. The monoisotopic (exact) mass is 324 g/mol. The number of urea groups is 1. The van der Waals surface area contributed by atoms with Crippen LogP contribution < -0.4 is 10.6 Å². The van der Waals surface area contributed by atoms with Gasteiger partial charge in [0.25, 0.3) is 11.8 Å². The predicted molar refractivity (Wildman–Crippen MR) is 85.8 cm³/mol. The number of nitrogens with one attached hydrogen (secondary N) is 2. The molecule has 122 valence electrons. The normalized spacial score (nSPS) is 16.4. The first kappa shape index (κ1) is 15.9. The van der Waals surface area contributed by atoms with Crippen LogP contribution in [0.3, 0.4) is 0 Å². The van der Waals surface area contributed by atoms with Crippen LogP contribution in [0.25, 0.3) is 0 Å². The molecule has 6 heteroatoms. The van der Waals surface area contributed by atoms with Crippen LogP contribution in [0.15, 0.2) is 60.7 Å². The number of amides is 4. The van der Waals surface area contributed by atoms with Gasteiger partial charge in [-0.05, 0) is 11.1 Å². The maximum Gasteiger partial charge on any atom is 0.328 e. The summed E-state index contributed by atoms with van der Waals surface area (Å²) in [6, 6.07) is 17.4. The molecule has 1 saturated heterocycles. The molecule has 0 bridgehead atoms. The third kappa shape index (κ3) is 3.18. The fourth-order valence-corrected chi connectivity index (χ4v) is 2.55. The Morgan fingerprint density at radius 2 is 1.25 bits per heavy atom. The Morgan fingerprint density at radius 3 is 1.79 bits per heavy atom. The average Bonchev–Trinajstić information content (AvgIpc) is 2.59. The van der Waals surface area contributed by atoms with Crippen LogP contribution in [0.4, 0.5) is 4.79 Å². The SMILES string of the molecule is O=C1NC(=O)C(Cc2ccccc2)(OCc2ccccc2)C(=O)N1. The van der Waals surface area contributed by atoms with Crippen molar-refractivity contribution >= 4 is 17.8 Å². The molecule has 2 aromatic rings. The van der Waals surface area contributed by atoms with Crippen LogP contribution in [0.1, 0.15) is 11.1 Å². The predicted octanol–water partition coefficient (Wildman–Crippen LogP) is 1.55. The molecule has 2 N–H and O–H groups in total. The Labute approximate surface area is 138 Å². The molecule has 0 spiro atoms. The highest BCUT2D eigenvalue weighted by Gasteiger charge is 2.51. The fraction of sp³-hybridized carbons (Fsp3) is 0.167. The summed E-state index contributed by atoms with van der Waals surface area (Å²) in [4.78, 5) is 36.3. The van der Waals surface area contributed by atoms with E-state index in [1.165, 1.54) is 0 Å². The lowest BCUT2D eigenvalue weighted by molar-refractivity contribution is -0.163. The topological polar surface area (TPSA) is 84.5 Å². The number of rotatable bonds is 5. The molecule has 2 aromatic carbocycles. The Morgan fingerprint density at radius 1 is 0.750 bits per heavy atom. The first-order valence-electron chi connectivity index (χ1n) is 7.49. The van der Waals surface area contributed by atoms with Gasteiger partial charge in [0.1, 0.15) is 0 Å². The number of benzene rings is 2. The zero-order valence-corrected chi connectivity index (χ0v) is 12.8. The lowest BCUT2D eigenvalue weighted by atomic mass is 9.91. The lowest BCUT2D eigenvalue weighted by Gasteiger charge is -2.34. The summed E-state index contributed by atoms with van der Waals surface area (Å²) in [7, 11) is 0. The molecular weight excluding hydrogens is 308 g/mol. The molecule has 6 nitrogen and oxygen atoms in total. The van der Waals surface area contributed by atoms with Crippen LogP contribution in [-0.2, 0) is 27.4 Å². The van der Waals surface area contributed by atoms with E-state index in [0.717, 1.165) is 11.1 Å². The molecule has 0 atom stereocenters. The molecule has 4 amide bonds. The van der Waals surface area contributed by atoms with Crippen LogP contribution >= 0.6 is 0 Å². The maximum absolute atomic E-state index is 12.4. The second-order valence-electron chi connectivity index (χ2n) is 5.50. The third-order valence-corrected chi connectivity index (χ3v) is 3.81. The molecule has 1 aliphatic rings. The fourth-order valence-electron chi connectivity index (χ4n) is 2.55. The molecule has 0 radical (unpaired) electrons. The molecular formula is C18H16N2O4. The van der Waals surface area contributed by atoms with E-state index in [-0.39, 0.29) is 13.0 Å². The van der Waals surface area contributed by atoms with Gasteiger partial charge in [0, 0.05) is 6.42 Å². The van der Waals surface area contributed by atoms with Gasteiger partial charge in [0.2, 0.25) is 5.60 Å². The minimum Gasteiger partial charge on any atom is -0.351 e. The van der Waals surface area contributed by atoms with Gasteiger partial charge in [-0.3, -0.25) is 20.2 Å². The highest BCUT2D eigenvalue weighted by atomic mass is 16.5. The third-order valence-electron chi connectivity index (χ3n) is 3.81. The summed E-state index contributed by atoms with van der Waals surface area (Å²) in [5.74, 6) is -1.51. The molecule has 1 heterocycles. The summed E-state index contributed by atoms with van der Waals surface area (Å²) in [5.41, 5.74) is -0.210. The van der Waals surface area contributed by atoms with Crippen molar-refractivity contribution in [1.29, 1.82) is 0 Å². The summed E-state index contributed by atoms with van der Waals surface area (Å²) in [5, 5.41) is 4.24. The molecule has 1 fully saturated rings.